The largest absolute Gasteiger partial charge is 0.416 e. The number of pyridine rings is 1. The van der Waals surface area contributed by atoms with Crippen LogP contribution in [0.2, 0.25) is 0 Å². The van der Waals surface area contributed by atoms with Crippen LogP contribution in [-0.2, 0) is 35.3 Å². The van der Waals surface area contributed by atoms with Gasteiger partial charge in [-0.2, -0.15) is 13.2 Å². The maximum absolute atomic E-state index is 14.3. The molecule has 45 heavy (non-hydrogen) atoms. The molecular formula is C36H35F3N4O2. The summed E-state index contributed by atoms with van der Waals surface area (Å²) in [6.45, 7) is 3.44. The third-order valence-corrected chi connectivity index (χ3v) is 7.88. The van der Waals surface area contributed by atoms with Gasteiger partial charge < -0.3 is 9.80 Å². The summed E-state index contributed by atoms with van der Waals surface area (Å²) >= 11 is 0. The maximum atomic E-state index is 14.3. The number of piperazine rings is 1. The van der Waals surface area contributed by atoms with Gasteiger partial charge in [0.2, 0.25) is 11.8 Å². The Morgan fingerprint density at radius 1 is 0.800 bits per heavy atom. The van der Waals surface area contributed by atoms with E-state index in [0.29, 0.717) is 38.2 Å². The average Bonchev–Trinajstić information content (AvgIpc) is 3.06. The van der Waals surface area contributed by atoms with Crippen LogP contribution in [0, 0.1) is 0 Å². The van der Waals surface area contributed by atoms with Gasteiger partial charge in [-0.3, -0.25) is 19.5 Å². The smallest absolute Gasteiger partial charge is 0.338 e. The van der Waals surface area contributed by atoms with E-state index in [1.165, 1.54) is 29.8 Å². The molecule has 1 atom stereocenters. The van der Waals surface area contributed by atoms with Crippen LogP contribution < -0.4 is 0 Å². The molecule has 1 fully saturated rings. The highest BCUT2D eigenvalue weighted by molar-refractivity contribution is 5.95. The molecule has 5 rings (SSSR count). The van der Waals surface area contributed by atoms with Crippen LogP contribution in [0.1, 0.15) is 27.8 Å². The van der Waals surface area contributed by atoms with Crippen LogP contribution in [0.5, 0.6) is 0 Å². The van der Waals surface area contributed by atoms with Crippen molar-refractivity contribution in [3.05, 3.63) is 143 Å². The minimum Gasteiger partial charge on any atom is -0.338 e. The molecule has 1 saturated heterocycles. The Balaban J connectivity index is 1.39. The van der Waals surface area contributed by atoms with Crippen molar-refractivity contribution in [3.8, 4) is 0 Å². The first-order valence-electron chi connectivity index (χ1n) is 14.9. The zero-order valence-electron chi connectivity index (χ0n) is 24.8. The predicted octanol–water partition coefficient (Wildman–Crippen LogP) is 6.10. The van der Waals surface area contributed by atoms with Gasteiger partial charge in [-0.25, -0.2) is 0 Å². The summed E-state index contributed by atoms with van der Waals surface area (Å²) in [5.74, 6) is -0.561. The molecule has 1 aliphatic heterocycles. The lowest BCUT2D eigenvalue weighted by Gasteiger charge is -2.39. The van der Waals surface area contributed by atoms with Crippen LogP contribution >= 0.6 is 0 Å². The van der Waals surface area contributed by atoms with Gasteiger partial charge in [0.05, 0.1) is 5.56 Å². The van der Waals surface area contributed by atoms with Crippen LogP contribution in [0.15, 0.2) is 116 Å². The molecule has 2 heterocycles. The van der Waals surface area contributed by atoms with Gasteiger partial charge >= 0.3 is 6.18 Å². The second-order valence-electron chi connectivity index (χ2n) is 11.1. The number of hydrogen-bond donors (Lipinski definition) is 0. The van der Waals surface area contributed by atoms with Crippen LogP contribution in [-0.4, -0.2) is 63.7 Å². The molecule has 0 N–H and O–H groups in total. The minimum atomic E-state index is -4.45. The SMILES string of the molecule is O=C(C(Cc1ccccc1)N(Cc1cccnc1)C(=O)C=Cc1ccc(C(F)(F)F)cc1)N1CCN(Cc2ccccc2)CC1. The van der Waals surface area contributed by atoms with Crippen LogP contribution in [0.4, 0.5) is 13.2 Å². The number of rotatable bonds is 10. The van der Waals surface area contributed by atoms with E-state index in [1.54, 1.807) is 23.4 Å². The summed E-state index contributed by atoms with van der Waals surface area (Å²) < 4.78 is 39.1. The molecule has 0 bridgehead atoms. The molecule has 0 radical (unpaired) electrons. The second-order valence-corrected chi connectivity index (χ2v) is 11.1. The fraction of sp³-hybridized carbons (Fsp3) is 0.250. The zero-order valence-corrected chi connectivity index (χ0v) is 24.8. The normalized spacial score (nSPS) is 14.8. The molecule has 6 nitrogen and oxygen atoms in total. The van der Waals surface area contributed by atoms with Crippen molar-refractivity contribution in [1.82, 2.24) is 19.7 Å². The summed E-state index contributed by atoms with van der Waals surface area (Å²) in [5.41, 5.74) is 2.56. The Kier molecular flexibility index (Phi) is 10.4. The van der Waals surface area contributed by atoms with Crippen LogP contribution in [0.3, 0.4) is 0 Å². The number of carbonyl (C=O) groups is 2. The first-order valence-corrected chi connectivity index (χ1v) is 14.9. The van der Waals surface area contributed by atoms with Crippen molar-refractivity contribution >= 4 is 17.9 Å². The van der Waals surface area contributed by atoms with Crippen molar-refractivity contribution in [2.24, 2.45) is 0 Å². The summed E-state index contributed by atoms with van der Waals surface area (Å²) in [6, 6.07) is 27.2. The van der Waals surface area contributed by atoms with Crippen molar-refractivity contribution in [2.45, 2.75) is 31.7 Å². The van der Waals surface area contributed by atoms with Crippen molar-refractivity contribution in [2.75, 3.05) is 26.2 Å². The highest BCUT2D eigenvalue weighted by atomic mass is 19.4. The number of halogens is 3. The maximum Gasteiger partial charge on any atom is 0.416 e. The fourth-order valence-electron chi connectivity index (χ4n) is 5.42. The van der Waals surface area contributed by atoms with E-state index in [9.17, 15) is 22.8 Å². The molecule has 0 aliphatic carbocycles. The van der Waals surface area contributed by atoms with E-state index in [-0.39, 0.29) is 12.5 Å². The molecule has 1 aliphatic rings. The Hall–Kier alpha value is -4.76. The lowest BCUT2D eigenvalue weighted by molar-refractivity contribution is -0.145. The quantitative estimate of drug-likeness (QED) is 0.203. The average molecular weight is 613 g/mol. The molecular weight excluding hydrogens is 577 g/mol. The summed E-state index contributed by atoms with van der Waals surface area (Å²) in [5, 5.41) is 0. The number of hydrogen-bond acceptors (Lipinski definition) is 4. The zero-order chi connectivity index (χ0) is 31.6. The number of nitrogens with zero attached hydrogens (tertiary/aromatic N) is 4. The number of alkyl halides is 3. The second kappa shape index (κ2) is 14.8. The van der Waals surface area contributed by atoms with Gasteiger partial charge in [-0.1, -0.05) is 78.9 Å². The Labute approximate surface area is 261 Å². The number of amides is 2. The number of aromatic nitrogens is 1. The first kappa shape index (κ1) is 31.7. The van der Waals surface area contributed by atoms with E-state index in [1.807, 2.05) is 59.5 Å². The molecule has 0 saturated carbocycles. The Morgan fingerprint density at radius 3 is 2.02 bits per heavy atom. The van der Waals surface area contributed by atoms with Gasteiger partial charge in [0.1, 0.15) is 6.04 Å². The lowest BCUT2D eigenvalue weighted by Crippen LogP contribution is -2.56. The minimum absolute atomic E-state index is 0.140. The molecule has 232 valence electrons. The van der Waals surface area contributed by atoms with Crippen molar-refractivity contribution < 1.29 is 22.8 Å². The van der Waals surface area contributed by atoms with E-state index < -0.39 is 23.7 Å². The molecule has 9 heteroatoms. The van der Waals surface area contributed by atoms with E-state index in [2.05, 4.69) is 22.0 Å². The molecule has 3 aromatic carbocycles. The lowest BCUT2D eigenvalue weighted by atomic mass is 10.0. The van der Waals surface area contributed by atoms with Crippen molar-refractivity contribution in [3.63, 3.8) is 0 Å². The monoisotopic (exact) mass is 612 g/mol. The van der Waals surface area contributed by atoms with Gasteiger partial charge in [-0.15, -0.1) is 0 Å². The van der Waals surface area contributed by atoms with E-state index in [0.717, 1.165) is 29.8 Å². The summed E-state index contributed by atoms with van der Waals surface area (Å²) in [4.78, 5) is 38.0. The van der Waals surface area contributed by atoms with Crippen molar-refractivity contribution in [1.29, 1.82) is 0 Å². The Morgan fingerprint density at radius 2 is 1.42 bits per heavy atom. The van der Waals surface area contributed by atoms with Crippen LogP contribution in [0.25, 0.3) is 6.08 Å². The molecule has 2 amide bonds. The van der Waals surface area contributed by atoms with E-state index in [4.69, 9.17) is 0 Å². The Bertz CT molecular complexity index is 1560. The fourth-order valence-corrected chi connectivity index (χ4v) is 5.42. The topological polar surface area (TPSA) is 56.8 Å². The third-order valence-electron chi connectivity index (χ3n) is 7.88. The highest BCUT2D eigenvalue weighted by Gasteiger charge is 2.34. The van der Waals surface area contributed by atoms with Gasteiger partial charge in [0, 0.05) is 64.2 Å². The highest BCUT2D eigenvalue weighted by Crippen LogP contribution is 2.29. The third kappa shape index (κ3) is 8.89. The summed E-state index contributed by atoms with van der Waals surface area (Å²) in [7, 11) is 0. The summed E-state index contributed by atoms with van der Waals surface area (Å²) in [6.07, 6.45) is 1.96. The molecule has 1 unspecified atom stereocenters. The predicted molar refractivity (Wildman–Crippen MR) is 167 cm³/mol. The van der Waals surface area contributed by atoms with Gasteiger partial charge in [0.25, 0.3) is 0 Å². The number of benzene rings is 3. The first-order chi connectivity index (χ1) is 21.8. The number of carbonyl (C=O) groups excluding carboxylic acids is 2. The van der Waals surface area contributed by atoms with E-state index >= 15 is 0 Å². The molecule has 4 aromatic rings. The molecule has 1 aromatic heterocycles. The van der Waals surface area contributed by atoms with Gasteiger partial charge in [0.15, 0.2) is 0 Å². The molecule has 0 spiro atoms. The standard InChI is InChI=1S/C36H35F3N4O2/c37-36(38,39)32-16-13-28(14-17-32)15-18-34(44)43(27-31-12-7-19-40-25-31)33(24-29-8-3-1-4-9-29)35(45)42-22-20-41(21-23-42)26-30-10-5-2-6-11-30/h1-19,25,33H,20-24,26-27H2. The van der Waals surface area contributed by atoms with Gasteiger partial charge in [-0.05, 0) is 46.5 Å².